The van der Waals surface area contributed by atoms with Gasteiger partial charge in [-0.25, -0.2) is 14.4 Å². The SMILES string of the molecule is Fc1cccc(Oc2cnc(CC3CCNC3)nc2)c1. The molecule has 1 aliphatic rings. The van der Waals surface area contributed by atoms with Gasteiger partial charge in [0.05, 0.1) is 12.4 Å². The molecule has 3 rings (SSSR count). The smallest absolute Gasteiger partial charge is 0.164 e. The Morgan fingerprint density at radius 3 is 2.80 bits per heavy atom. The molecule has 1 atom stereocenters. The van der Waals surface area contributed by atoms with Gasteiger partial charge >= 0.3 is 0 Å². The Balaban J connectivity index is 1.63. The highest BCUT2D eigenvalue weighted by Gasteiger charge is 2.16. The Morgan fingerprint density at radius 2 is 2.10 bits per heavy atom. The molecule has 2 heterocycles. The van der Waals surface area contributed by atoms with Gasteiger partial charge in [-0.2, -0.15) is 0 Å². The molecule has 104 valence electrons. The molecule has 1 aliphatic heterocycles. The van der Waals surface area contributed by atoms with Crippen molar-refractivity contribution in [2.75, 3.05) is 13.1 Å². The maximum absolute atomic E-state index is 13.0. The summed E-state index contributed by atoms with van der Waals surface area (Å²) in [6.45, 7) is 2.11. The second kappa shape index (κ2) is 5.96. The fraction of sp³-hybridized carbons (Fsp3) is 0.333. The van der Waals surface area contributed by atoms with E-state index < -0.39 is 0 Å². The van der Waals surface area contributed by atoms with Gasteiger partial charge in [-0.05, 0) is 37.6 Å². The number of aromatic nitrogens is 2. The number of ether oxygens (including phenoxy) is 1. The third-order valence-corrected chi connectivity index (χ3v) is 3.35. The van der Waals surface area contributed by atoms with Crippen molar-refractivity contribution in [2.45, 2.75) is 12.8 Å². The van der Waals surface area contributed by atoms with Gasteiger partial charge in [-0.1, -0.05) is 6.07 Å². The molecule has 0 bridgehead atoms. The number of nitrogens with one attached hydrogen (secondary N) is 1. The van der Waals surface area contributed by atoms with E-state index in [1.165, 1.54) is 18.6 Å². The molecule has 5 heteroatoms. The molecule has 1 unspecified atom stereocenters. The highest BCUT2D eigenvalue weighted by Crippen LogP contribution is 2.21. The summed E-state index contributed by atoms with van der Waals surface area (Å²) in [4.78, 5) is 8.61. The molecule has 1 aromatic heterocycles. The van der Waals surface area contributed by atoms with E-state index in [2.05, 4.69) is 15.3 Å². The fourth-order valence-corrected chi connectivity index (χ4v) is 2.31. The lowest BCUT2D eigenvalue weighted by atomic mass is 10.1. The maximum Gasteiger partial charge on any atom is 0.164 e. The summed E-state index contributed by atoms with van der Waals surface area (Å²) >= 11 is 0. The van der Waals surface area contributed by atoms with Crippen LogP contribution in [0.5, 0.6) is 11.5 Å². The summed E-state index contributed by atoms with van der Waals surface area (Å²) in [6, 6.07) is 6.01. The van der Waals surface area contributed by atoms with Crippen LogP contribution in [0.1, 0.15) is 12.2 Å². The van der Waals surface area contributed by atoms with E-state index in [-0.39, 0.29) is 5.82 Å². The molecule has 1 saturated heterocycles. The first-order valence-electron chi connectivity index (χ1n) is 6.74. The average Bonchev–Trinajstić information content (AvgIpc) is 2.94. The lowest BCUT2D eigenvalue weighted by molar-refractivity contribution is 0.469. The van der Waals surface area contributed by atoms with E-state index in [1.54, 1.807) is 24.5 Å². The van der Waals surface area contributed by atoms with E-state index in [1.807, 2.05) is 0 Å². The van der Waals surface area contributed by atoms with Gasteiger partial charge in [0.15, 0.2) is 5.75 Å². The quantitative estimate of drug-likeness (QED) is 0.930. The van der Waals surface area contributed by atoms with E-state index >= 15 is 0 Å². The third-order valence-electron chi connectivity index (χ3n) is 3.35. The van der Waals surface area contributed by atoms with E-state index in [9.17, 15) is 4.39 Å². The monoisotopic (exact) mass is 273 g/mol. The molecule has 1 N–H and O–H groups in total. The normalized spacial score (nSPS) is 18.1. The minimum atomic E-state index is -0.325. The Kier molecular flexibility index (Phi) is 3.87. The van der Waals surface area contributed by atoms with Crippen molar-refractivity contribution in [3.8, 4) is 11.5 Å². The maximum atomic E-state index is 13.0. The van der Waals surface area contributed by atoms with E-state index in [0.29, 0.717) is 17.4 Å². The zero-order valence-corrected chi connectivity index (χ0v) is 11.1. The van der Waals surface area contributed by atoms with Gasteiger partial charge in [-0.15, -0.1) is 0 Å². The van der Waals surface area contributed by atoms with Gasteiger partial charge in [0.25, 0.3) is 0 Å². The summed E-state index contributed by atoms with van der Waals surface area (Å²) in [5.74, 6) is 2.08. The van der Waals surface area contributed by atoms with E-state index in [0.717, 1.165) is 25.3 Å². The summed E-state index contributed by atoms with van der Waals surface area (Å²) in [5, 5.41) is 3.33. The molecular weight excluding hydrogens is 257 g/mol. The first-order valence-corrected chi connectivity index (χ1v) is 6.74. The Labute approximate surface area is 117 Å². The topological polar surface area (TPSA) is 47.0 Å². The second-order valence-electron chi connectivity index (χ2n) is 4.96. The lowest BCUT2D eigenvalue weighted by Gasteiger charge is -2.08. The van der Waals surface area contributed by atoms with Crippen molar-refractivity contribution in [1.29, 1.82) is 0 Å². The predicted octanol–water partition coefficient (Wildman–Crippen LogP) is 2.56. The minimum absolute atomic E-state index is 0.325. The molecule has 0 spiro atoms. The lowest BCUT2D eigenvalue weighted by Crippen LogP contribution is -2.12. The molecular formula is C15H16FN3O. The first-order chi connectivity index (χ1) is 9.79. The highest BCUT2D eigenvalue weighted by molar-refractivity contribution is 5.28. The van der Waals surface area contributed by atoms with Crippen LogP contribution < -0.4 is 10.1 Å². The zero-order chi connectivity index (χ0) is 13.8. The van der Waals surface area contributed by atoms with Crippen molar-refractivity contribution < 1.29 is 9.13 Å². The molecule has 0 saturated carbocycles. The largest absolute Gasteiger partial charge is 0.454 e. The van der Waals surface area contributed by atoms with Crippen LogP contribution in [-0.2, 0) is 6.42 Å². The Morgan fingerprint density at radius 1 is 1.25 bits per heavy atom. The Hall–Kier alpha value is -2.01. The highest BCUT2D eigenvalue weighted by atomic mass is 19.1. The summed E-state index contributed by atoms with van der Waals surface area (Å²) in [7, 11) is 0. The number of benzene rings is 1. The van der Waals surface area contributed by atoms with Gasteiger partial charge < -0.3 is 10.1 Å². The first kappa shape index (κ1) is 13.0. The Bertz CT molecular complexity index is 568. The van der Waals surface area contributed by atoms with Crippen LogP contribution in [0, 0.1) is 11.7 Å². The molecule has 1 fully saturated rings. The predicted molar refractivity (Wildman–Crippen MR) is 73.2 cm³/mol. The van der Waals surface area contributed by atoms with Crippen LogP contribution in [0.3, 0.4) is 0 Å². The van der Waals surface area contributed by atoms with Gasteiger partial charge in [-0.3, -0.25) is 0 Å². The van der Waals surface area contributed by atoms with Crippen LogP contribution in [-0.4, -0.2) is 23.1 Å². The summed E-state index contributed by atoms with van der Waals surface area (Å²) in [6.07, 6.45) is 5.32. The van der Waals surface area contributed by atoms with Crippen molar-refractivity contribution in [3.63, 3.8) is 0 Å². The van der Waals surface area contributed by atoms with Crippen molar-refractivity contribution >= 4 is 0 Å². The molecule has 0 amide bonds. The number of nitrogens with zero attached hydrogens (tertiary/aromatic N) is 2. The molecule has 0 aliphatic carbocycles. The minimum Gasteiger partial charge on any atom is -0.454 e. The molecule has 1 aromatic carbocycles. The summed E-state index contributed by atoms with van der Waals surface area (Å²) < 4.78 is 18.6. The number of hydrogen-bond donors (Lipinski definition) is 1. The van der Waals surface area contributed by atoms with Gasteiger partial charge in [0.1, 0.15) is 17.4 Å². The van der Waals surface area contributed by atoms with Crippen LogP contribution in [0.4, 0.5) is 4.39 Å². The fourth-order valence-electron chi connectivity index (χ4n) is 2.31. The van der Waals surface area contributed by atoms with Gasteiger partial charge in [0, 0.05) is 12.5 Å². The second-order valence-corrected chi connectivity index (χ2v) is 4.96. The standard InChI is InChI=1S/C15H16FN3O/c16-12-2-1-3-13(7-12)20-14-9-18-15(19-10-14)6-11-4-5-17-8-11/h1-3,7,9-11,17H,4-6,8H2. The molecule has 2 aromatic rings. The zero-order valence-electron chi connectivity index (χ0n) is 11.1. The van der Waals surface area contributed by atoms with Gasteiger partial charge in [0.2, 0.25) is 0 Å². The molecule has 0 radical (unpaired) electrons. The van der Waals surface area contributed by atoms with Crippen molar-refractivity contribution in [2.24, 2.45) is 5.92 Å². The molecule has 4 nitrogen and oxygen atoms in total. The average molecular weight is 273 g/mol. The van der Waals surface area contributed by atoms with Crippen molar-refractivity contribution in [3.05, 3.63) is 48.3 Å². The van der Waals surface area contributed by atoms with Crippen LogP contribution in [0.25, 0.3) is 0 Å². The number of rotatable bonds is 4. The molecule has 20 heavy (non-hydrogen) atoms. The van der Waals surface area contributed by atoms with E-state index in [4.69, 9.17) is 4.74 Å². The van der Waals surface area contributed by atoms with Crippen LogP contribution in [0.15, 0.2) is 36.7 Å². The van der Waals surface area contributed by atoms with Crippen LogP contribution in [0.2, 0.25) is 0 Å². The van der Waals surface area contributed by atoms with Crippen molar-refractivity contribution in [1.82, 2.24) is 15.3 Å². The van der Waals surface area contributed by atoms with Crippen LogP contribution >= 0.6 is 0 Å². The summed E-state index contributed by atoms with van der Waals surface area (Å²) in [5.41, 5.74) is 0. The number of hydrogen-bond acceptors (Lipinski definition) is 4. The third kappa shape index (κ3) is 3.30. The number of halogens is 1.